The van der Waals surface area contributed by atoms with Gasteiger partial charge in [0.15, 0.2) is 9.04 Å². The van der Waals surface area contributed by atoms with Crippen LogP contribution in [0, 0.1) is 0 Å². The summed E-state index contributed by atoms with van der Waals surface area (Å²) in [5.41, 5.74) is 0. The average Bonchev–Trinajstić information content (AvgIpc) is 2.00. The fraction of sp³-hybridized carbons (Fsp3) is 1.00. The van der Waals surface area contributed by atoms with Crippen molar-refractivity contribution in [3.63, 3.8) is 0 Å². The topological polar surface area (TPSA) is 208 Å². The molecule has 0 amide bonds. The van der Waals surface area contributed by atoms with Gasteiger partial charge in [-0.2, -0.15) is 0 Å². The molecular formula is C5H24O13Si6. The largest absolute Gasteiger partial charge is 0.660 e. The van der Waals surface area contributed by atoms with Crippen LogP contribution in [-0.2, 0) is 20.6 Å². The first-order valence-electron chi connectivity index (χ1n) is 6.52. The summed E-state index contributed by atoms with van der Waals surface area (Å²) < 4.78 is 23.2. The maximum Gasteiger partial charge on any atom is 0.660 e. The molecule has 0 aromatic rings. The van der Waals surface area contributed by atoms with E-state index in [0.29, 0.717) is 0 Å². The zero-order valence-electron chi connectivity index (χ0n) is 13.7. The maximum absolute atomic E-state index is 10.3. The zero-order chi connectivity index (χ0) is 19.6. The predicted molar refractivity (Wildman–Crippen MR) is 88.4 cm³/mol. The Balaban J connectivity index is 5.35. The van der Waals surface area contributed by atoms with E-state index < -0.39 is 53.5 Å². The van der Waals surface area contributed by atoms with Gasteiger partial charge in [0.2, 0.25) is 0 Å². The quantitative estimate of drug-likeness (QED) is 0.145. The third-order valence-electron chi connectivity index (χ3n) is 1.67. The van der Waals surface area contributed by atoms with Gasteiger partial charge in [-0.05, 0) is 13.1 Å². The fourth-order valence-electron chi connectivity index (χ4n) is 1.43. The summed E-state index contributed by atoms with van der Waals surface area (Å²) in [5, 5.41) is 0. The van der Waals surface area contributed by atoms with Crippen LogP contribution in [-0.4, -0.2) is 91.9 Å². The van der Waals surface area contributed by atoms with Crippen LogP contribution in [0.4, 0.5) is 0 Å². The van der Waals surface area contributed by atoms with Crippen LogP contribution >= 0.6 is 0 Å². The first-order chi connectivity index (χ1) is 10.2. The van der Waals surface area contributed by atoms with Gasteiger partial charge in [0.05, 0.1) is 0 Å². The van der Waals surface area contributed by atoms with E-state index in [0.717, 1.165) is 19.6 Å². The Morgan fingerprint density at radius 3 is 1.38 bits per heavy atom. The van der Waals surface area contributed by atoms with E-state index in [1.54, 1.807) is 13.1 Å². The second-order valence-corrected chi connectivity index (χ2v) is 19.4. The molecule has 0 rings (SSSR count). The Hall–Kier alpha value is 0.781. The van der Waals surface area contributed by atoms with Crippen molar-refractivity contribution in [2.75, 3.05) is 0 Å². The van der Waals surface area contributed by atoms with E-state index in [2.05, 4.69) is 12.3 Å². The Bertz CT molecular complexity index is 373. The minimum absolute atomic E-state index is 0.784. The van der Waals surface area contributed by atoms with E-state index >= 15 is 0 Å². The molecule has 0 aromatic heterocycles. The summed E-state index contributed by atoms with van der Waals surface area (Å²) in [7, 11) is -25.6. The average molecular weight is 461 g/mol. The molecule has 0 heterocycles. The van der Waals surface area contributed by atoms with Gasteiger partial charge >= 0.3 is 44.5 Å². The summed E-state index contributed by atoms with van der Waals surface area (Å²) >= 11 is 0. The molecule has 0 aliphatic carbocycles. The van der Waals surface area contributed by atoms with Gasteiger partial charge in [0, 0.05) is 19.6 Å². The molecule has 0 aliphatic heterocycles. The molecule has 19 heteroatoms. The second-order valence-electron chi connectivity index (χ2n) is 5.41. The van der Waals surface area contributed by atoms with Crippen LogP contribution in [0.25, 0.3) is 0 Å². The Morgan fingerprint density at radius 1 is 0.625 bits per heavy atom. The summed E-state index contributed by atoms with van der Waals surface area (Å²) in [4.78, 5) is 76.4. The van der Waals surface area contributed by atoms with Crippen LogP contribution < -0.4 is 0 Å². The van der Waals surface area contributed by atoms with Crippen molar-refractivity contribution in [2.45, 2.75) is 32.7 Å². The first-order valence-corrected chi connectivity index (χ1v) is 19.5. The molecule has 0 saturated carbocycles. The highest BCUT2D eigenvalue weighted by atomic mass is 28.6. The molecule has 13 nitrogen and oxygen atoms in total. The van der Waals surface area contributed by atoms with Gasteiger partial charge in [-0.25, -0.2) is 0 Å². The van der Waals surface area contributed by atoms with E-state index in [4.69, 9.17) is 17.8 Å². The molecule has 8 N–H and O–H groups in total. The zero-order valence-corrected chi connectivity index (χ0v) is 19.9. The summed E-state index contributed by atoms with van der Waals surface area (Å²) in [6, 6.07) is 0. The van der Waals surface area contributed by atoms with Crippen molar-refractivity contribution in [3.8, 4) is 0 Å². The minimum Gasteiger partial charge on any atom is -0.398 e. The van der Waals surface area contributed by atoms with E-state index in [-0.39, 0.29) is 0 Å². The predicted octanol–water partition coefficient (Wildman–Crippen LogP) is -4.43. The molecule has 0 fully saturated rings. The minimum atomic E-state index is -5.31. The van der Waals surface area contributed by atoms with Crippen molar-refractivity contribution in [1.82, 2.24) is 0 Å². The lowest BCUT2D eigenvalue weighted by Crippen LogP contribution is -2.67. The van der Waals surface area contributed by atoms with Gasteiger partial charge in [-0.1, -0.05) is 0 Å². The third-order valence-corrected chi connectivity index (χ3v) is 15.1. The van der Waals surface area contributed by atoms with Crippen molar-refractivity contribution in [2.24, 2.45) is 0 Å². The second kappa shape index (κ2) is 8.21. The third kappa shape index (κ3) is 12.2. The van der Waals surface area contributed by atoms with Crippen molar-refractivity contribution >= 4 is 53.5 Å². The highest BCUT2D eigenvalue weighted by molar-refractivity contribution is 6.81. The van der Waals surface area contributed by atoms with Crippen molar-refractivity contribution in [1.29, 1.82) is 0 Å². The van der Waals surface area contributed by atoms with Crippen LogP contribution in [0.2, 0.25) is 32.7 Å². The SMILES string of the molecule is C[SiH](C)O[Si](O)(O[Si](C)(O)O[Si](C)(O)O)O[Si](O)(O)O[Si](C)(O)O. The molecule has 2 atom stereocenters. The molecule has 0 aliphatic rings. The Labute approximate surface area is 145 Å². The monoisotopic (exact) mass is 460 g/mol. The number of hydrogen-bond acceptors (Lipinski definition) is 13. The van der Waals surface area contributed by atoms with Gasteiger partial charge in [-0.15, -0.1) is 0 Å². The van der Waals surface area contributed by atoms with Gasteiger partial charge < -0.3 is 58.9 Å². The van der Waals surface area contributed by atoms with Crippen LogP contribution in [0.15, 0.2) is 0 Å². The van der Waals surface area contributed by atoms with Crippen LogP contribution in [0.3, 0.4) is 0 Å². The number of hydrogen-bond donors (Lipinski definition) is 8. The summed E-state index contributed by atoms with van der Waals surface area (Å²) in [5.74, 6) is 0. The number of rotatable bonds is 10. The lowest BCUT2D eigenvalue weighted by atomic mass is 11.9. The molecule has 0 radical (unpaired) electrons. The van der Waals surface area contributed by atoms with Crippen molar-refractivity contribution in [3.05, 3.63) is 0 Å². The molecular weight excluding hydrogens is 437 g/mol. The Kier molecular flexibility index (Phi) is 8.47. The smallest absolute Gasteiger partial charge is 0.398 e. The van der Waals surface area contributed by atoms with Crippen LogP contribution in [0.5, 0.6) is 0 Å². The molecule has 0 saturated heterocycles. The van der Waals surface area contributed by atoms with E-state index in [9.17, 15) is 28.8 Å². The van der Waals surface area contributed by atoms with Crippen LogP contribution in [0.1, 0.15) is 0 Å². The van der Waals surface area contributed by atoms with E-state index in [1.165, 1.54) is 0 Å². The van der Waals surface area contributed by atoms with Gasteiger partial charge in [0.25, 0.3) is 0 Å². The molecule has 2 unspecified atom stereocenters. The summed E-state index contributed by atoms with van der Waals surface area (Å²) in [6.07, 6.45) is 0. The highest BCUT2D eigenvalue weighted by Crippen LogP contribution is 2.21. The molecule has 0 bridgehead atoms. The molecule has 24 heavy (non-hydrogen) atoms. The van der Waals surface area contributed by atoms with Gasteiger partial charge in [0.1, 0.15) is 0 Å². The standard InChI is InChI=1S/C5H24O13Si6/c1-19(2)14-24(13,17-22(5,10)15-20(3,6)7)18-23(11,12)16-21(4,8)9/h6-13,19H,1-5H3. The van der Waals surface area contributed by atoms with Crippen molar-refractivity contribution < 1.29 is 58.9 Å². The lowest BCUT2D eigenvalue weighted by molar-refractivity contribution is 0.0257. The fourth-order valence-corrected chi connectivity index (χ4v) is 14.8. The Morgan fingerprint density at radius 2 is 1.04 bits per heavy atom. The molecule has 146 valence electrons. The summed E-state index contributed by atoms with van der Waals surface area (Å²) in [6.45, 7) is 5.69. The maximum atomic E-state index is 10.3. The molecule has 0 aromatic carbocycles. The highest BCUT2D eigenvalue weighted by Gasteiger charge is 2.60. The lowest BCUT2D eigenvalue weighted by Gasteiger charge is -2.35. The first kappa shape index (κ1) is 24.8. The van der Waals surface area contributed by atoms with Gasteiger partial charge in [-0.3, -0.25) is 0 Å². The van der Waals surface area contributed by atoms with E-state index in [1.807, 2.05) is 0 Å². The molecule has 0 spiro atoms. The normalized spacial score (nSPS) is 19.2.